The molecule has 0 atom stereocenters. The van der Waals surface area contributed by atoms with E-state index in [-0.39, 0.29) is 24.0 Å². The van der Waals surface area contributed by atoms with Crippen molar-refractivity contribution in [3.63, 3.8) is 0 Å². The molecular weight excluding hydrogens is 193 g/mol. The molecule has 0 aromatic heterocycles. The van der Waals surface area contributed by atoms with Gasteiger partial charge < -0.3 is 0 Å². The van der Waals surface area contributed by atoms with Crippen LogP contribution < -0.4 is 0 Å². The van der Waals surface area contributed by atoms with Gasteiger partial charge in [-0.1, -0.05) is 11.6 Å². The highest BCUT2D eigenvalue weighted by Gasteiger charge is 1.43. The van der Waals surface area contributed by atoms with Crippen LogP contribution >= 0.6 is 35.6 Å². The Kier molecular flexibility index (Phi) is 20.1. The minimum Gasteiger partial charge on any atom is -0.234 e. The second kappa shape index (κ2) is 9.04. The molecule has 0 aliphatic heterocycles. The molecule has 0 aromatic rings. The summed E-state index contributed by atoms with van der Waals surface area (Å²) in [7, 11) is 0. The molecule has 0 aromatic carbocycles. The largest absolute Gasteiger partial charge is 0.234 e. The van der Waals surface area contributed by atoms with E-state index >= 15 is 0 Å². The molecule has 0 fully saturated rings. The third-order valence-electron chi connectivity index (χ3n) is 0. The average Bonchev–Trinajstić information content (AvgIpc) is 0.918. The molecular formula is CH3ClFI. The molecule has 0 radical (unpaired) electrons. The van der Waals surface area contributed by atoms with E-state index < -0.39 is 6.13 Å². The van der Waals surface area contributed by atoms with Crippen LogP contribution in [0.25, 0.3) is 0 Å². The predicted molar refractivity (Wildman–Crippen MR) is 27.2 cm³/mol. The lowest BCUT2D eigenvalue weighted by molar-refractivity contribution is 0.599. The fourth-order valence-electron chi connectivity index (χ4n) is 0. The number of rotatable bonds is 0. The van der Waals surface area contributed by atoms with Crippen LogP contribution in [-0.2, 0) is 0 Å². The third-order valence-corrected chi connectivity index (χ3v) is 0. The van der Waals surface area contributed by atoms with E-state index in [0.29, 0.717) is 0 Å². The Morgan fingerprint density at radius 1 is 1.75 bits per heavy atom. The summed E-state index contributed by atoms with van der Waals surface area (Å²) >= 11 is 4.33. The summed E-state index contributed by atoms with van der Waals surface area (Å²) in [6.07, 6.45) is -0.778. The van der Waals surface area contributed by atoms with Gasteiger partial charge in [0.15, 0.2) is 6.13 Å². The van der Waals surface area contributed by atoms with Crippen LogP contribution in [0.2, 0.25) is 0 Å². The topological polar surface area (TPSA) is 0 Å². The maximum Gasteiger partial charge on any atom is 0.163 e. The van der Waals surface area contributed by atoms with Crippen molar-refractivity contribution in [3.05, 3.63) is 0 Å². The third kappa shape index (κ3) is 12.4. The van der Waals surface area contributed by atoms with E-state index in [1.807, 2.05) is 0 Å². The maximum atomic E-state index is 10.1. The van der Waals surface area contributed by atoms with Crippen LogP contribution in [0, 0.1) is 0 Å². The maximum absolute atomic E-state index is 10.1. The zero-order chi connectivity index (χ0) is 2.71. The SMILES string of the molecule is FCCl.I. The fourth-order valence-corrected chi connectivity index (χ4v) is 0. The summed E-state index contributed by atoms with van der Waals surface area (Å²) in [5, 5.41) is 0. The van der Waals surface area contributed by atoms with Crippen LogP contribution in [-0.4, -0.2) is 6.13 Å². The molecule has 0 N–H and O–H groups in total. The molecule has 3 heteroatoms. The van der Waals surface area contributed by atoms with Gasteiger partial charge >= 0.3 is 0 Å². The average molecular weight is 196 g/mol. The smallest absolute Gasteiger partial charge is 0.163 e. The molecule has 0 spiro atoms. The number of hydrogen-bond donors (Lipinski definition) is 0. The lowest BCUT2D eigenvalue weighted by atomic mass is 11.8. The van der Waals surface area contributed by atoms with Gasteiger partial charge in [0.2, 0.25) is 0 Å². The first-order chi connectivity index (χ1) is 1.41. The van der Waals surface area contributed by atoms with Gasteiger partial charge in [-0.05, 0) is 0 Å². The highest BCUT2D eigenvalue weighted by Crippen LogP contribution is 1.65. The molecule has 28 valence electrons. The first-order valence-electron chi connectivity index (χ1n) is 0.535. The molecule has 0 rings (SSSR count). The van der Waals surface area contributed by atoms with Crippen LogP contribution in [0.1, 0.15) is 0 Å². The van der Waals surface area contributed by atoms with Gasteiger partial charge in [-0.25, -0.2) is 4.39 Å². The summed E-state index contributed by atoms with van der Waals surface area (Å²) in [4.78, 5) is 0. The van der Waals surface area contributed by atoms with Crippen molar-refractivity contribution in [1.82, 2.24) is 0 Å². The molecule has 0 aliphatic carbocycles. The summed E-state index contributed by atoms with van der Waals surface area (Å²) in [5.74, 6) is 0. The second-order valence-corrected chi connectivity index (χ2v) is 0.303. The van der Waals surface area contributed by atoms with Gasteiger partial charge in [-0.15, -0.1) is 24.0 Å². The molecule has 0 bridgehead atoms. The summed E-state index contributed by atoms with van der Waals surface area (Å²) < 4.78 is 10.1. The van der Waals surface area contributed by atoms with Gasteiger partial charge in [-0.3, -0.25) is 0 Å². The van der Waals surface area contributed by atoms with E-state index in [0.717, 1.165) is 0 Å². The highest BCUT2D eigenvalue weighted by molar-refractivity contribution is 14.0. The summed E-state index contributed by atoms with van der Waals surface area (Å²) in [5.41, 5.74) is 0. The minimum absolute atomic E-state index is 0. The molecule has 0 saturated heterocycles. The zero-order valence-electron chi connectivity index (χ0n) is 1.87. The van der Waals surface area contributed by atoms with E-state index in [1.54, 1.807) is 0 Å². The van der Waals surface area contributed by atoms with E-state index in [1.165, 1.54) is 0 Å². The summed E-state index contributed by atoms with van der Waals surface area (Å²) in [6, 6.07) is 0. The van der Waals surface area contributed by atoms with Gasteiger partial charge in [0.25, 0.3) is 0 Å². The molecule has 0 amide bonds. The van der Waals surface area contributed by atoms with Gasteiger partial charge in [0, 0.05) is 0 Å². The first kappa shape index (κ1) is 8.87. The number of halogens is 3. The van der Waals surface area contributed by atoms with Gasteiger partial charge in [0.05, 0.1) is 0 Å². The Hall–Kier alpha value is 0.950. The monoisotopic (exact) mass is 196 g/mol. The molecule has 0 heterocycles. The zero-order valence-corrected chi connectivity index (χ0v) is 4.96. The normalized spacial score (nSPS) is 4.50. The van der Waals surface area contributed by atoms with Crippen molar-refractivity contribution in [2.45, 2.75) is 0 Å². The highest BCUT2D eigenvalue weighted by atomic mass is 127. The summed E-state index contributed by atoms with van der Waals surface area (Å²) in [6.45, 7) is 0. The fraction of sp³-hybridized carbons (Fsp3) is 1.00. The molecule has 4 heavy (non-hydrogen) atoms. The molecule has 0 saturated carbocycles. The Bertz CT molecular complexity index is 8.00. The Balaban J connectivity index is 0. The first-order valence-corrected chi connectivity index (χ1v) is 1.07. The minimum atomic E-state index is -0.778. The van der Waals surface area contributed by atoms with Crippen molar-refractivity contribution >= 4 is 35.6 Å². The number of hydrogen-bond acceptors (Lipinski definition) is 0. The van der Waals surface area contributed by atoms with E-state index in [4.69, 9.17) is 0 Å². The van der Waals surface area contributed by atoms with Crippen molar-refractivity contribution in [2.75, 3.05) is 6.13 Å². The van der Waals surface area contributed by atoms with Crippen LogP contribution in [0.15, 0.2) is 0 Å². The predicted octanol–water partition coefficient (Wildman–Crippen LogP) is 1.77. The molecule has 0 nitrogen and oxygen atoms in total. The quantitative estimate of drug-likeness (QED) is 0.409. The van der Waals surface area contributed by atoms with E-state index in [2.05, 4.69) is 11.6 Å². The standard InChI is InChI=1S/CH2ClF.HI/c2-1-3;/h1H2;1H. The van der Waals surface area contributed by atoms with Gasteiger partial charge in [-0.2, -0.15) is 0 Å². The van der Waals surface area contributed by atoms with E-state index in [9.17, 15) is 4.39 Å². The van der Waals surface area contributed by atoms with Crippen LogP contribution in [0.5, 0.6) is 0 Å². The Morgan fingerprint density at radius 2 is 1.75 bits per heavy atom. The van der Waals surface area contributed by atoms with Gasteiger partial charge in [0.1, 0.15) is 0 Å². The van der Waals surface area contributed by atoms with Crippen LogP contribution in [0.4, 0.5) is 4.39 Å². The number of alkyl halides is 2. The van der Waals surface area contributed by atoms with Crippen molar-refractivity contribution < 1.29 is 4.39 Å². The van der Waals surface area contributed by atoms with Crippen LogP contribution in [0.3, 0.4) is 0 Å². The Labute approximate surface area is 46.4 Å². The lowest BCUT2D eigenvalue weighted by Gasteiger charge is -1.42. The van der Waals surface area contributed by atoms with Crippen molar-refractivity contribution in [2.24, 2.45) is 0 Å². The van der Waals surface area contributed by atoms with Crippen molar-refractivity contribution in [3.8, 4) is 0 Å². The Morgan fingerprint density at radius 3 is 1.75 bits per heavy atom. The molecule has 0 unspecified atom stereocenters. The molecule has 0 aliphatic rings. The second-order valence-electron chi connectivity index (χ2n) is 0.101. The lowest BCUT2D eigenvalue weighted by Crippen LogP contribution is -1.29. The van der Waals surface area contributed by atoms with Crippen molar-refractivity contribution in [1.29, 1.82) is 0 Å².